The zero-order valence-electron chi connectivity index (χ0n) is 14.6. The van der Waals surface area contributed by atoms with Crippen LogP contribution in [0, 0.1) is 24.0 Å². The van der Waals surface area contributed by atoms with E-state index >= 15 is 0 Å². The summed E-state index contributed by atoms with van der Waals surface area (Å²) in [7, 11) is 1.74. The highest BCUT2D eigenvalue weighted by Gasteiger charge is 2.19. The molecule has 130 valence electrons. The third-order valence-corrected chi connectivity index (χ3v) is 4.33. The van der Waals surface area contributed by atoms with E-state index in [4.69, 9.17) is 0 Å². The van der Waals surface area contributed by atoms with E-state index in [1.54, 1.807) is 11.6 Å². The summed E-state index contributed by atoms with van der Waals surface area (Å²) in [4.78, 5) is 14.4. The highest BCUT2D eigenvalue weighted by molar-refractivity contribution is 5.52. The van der Waals surface area contributed by atoms with Crippen LogP contribution in [0.5, 0.6) is 0 Å². The number of rotatable bonds is 6. The molecular weight excluding hydrogens is 318 g/mol. The molecule has 0 saturated carbocycles. The van der Waals surface area contributed by atoms with Crippen molar-refractivity contribution < 1.29 is 4.92 Å². The van der Waals surface area contributed by atoms with Gasteiger partial charge < -0.3 is 20.0 Å². The Bertz CT molecular complexity index is 896. The van der Waals surface area contributed by atoms with Gasteiger partial charge in [-0.05, 0) is 53.9 Å². The number of benzene rings is 1. The van der Waals surface area contributed by atoms with Crippen LogP contribution in [0.25, 0.3) is 5.69 Å². The smallest absolute Gasteiger partial charge is 0.364 e. The van der Waals surface area contributed by atoms with Gasteiger partial charge in [-0.2, -0.15) is 0 Å². The van der Waals surface area contributed by atoms with Crippen molar-refractivity contribution in [2.24, 2.45) is 7.05 Å². The monoisotopic (exact) mass is 339 g/mol. The zero-order valence-corrected chi connectivity index (χ0v) is 14.6. The van der Waals surface area contributed by atoms with E-state index < -0.39 is 4.92 Å². The molecule has 0 aliphatic rings. The maximum atomic E-state index is 11.0. The summed E-state index contributed by atoms with van der Waals surface area (Å²) >= 11 is 0. The van der Waals surface area contributed by atoms with Gasteiger partial charge in [0.25, 0.3) is 0 Å². The van der Waals surface area contributed by atoms with Gasteiger partial charge in [-0.1, -0.05) is 18.2 Å². The van der Waals surface area contributed by atoms with Crippen molar-refractivity contribution >= 4 is 11.6 Å². The lowest BCUT2D eigenvalue weighted by atomic mass is 10.2. The van der Waals surface area contributed by atoms with E-state index in [0.717, 1.165) is 12.1 Å². The maximum Gasteiger partial charge on any atom is 0.406 e. The minimum atomic E-state index is -0.469. The van der Waals surface area contributed by atoms with Crippen LogP contribution in [0.1, 0.15) is 17.0 Å². The molecule has 2 aromatic heterocycles. The number of nitrogens with one attached hydrogen (secondary N) is 1. The predicted molar refractivity (Wildman–Crippen MR) is 97.3 cm³/mol. The van der Waals surface area contributed by atoms with Crippen LogP contribution in [0.3, 0.4) is 0 Å². The fourth-order valence-corrected chi connectivity index (χ4v) is 3.13. The van der Waals surface area contributed by atoms with E-state index in [0.29, 0.717) is 12.4 Å². The second kappa shape index (κ2) is 6.80. The average Bonchev–Trinajstić information content (AvgIpc) is 3.09. The minimum Gasteiger partial charge on any atom is -0.364 e. The summed E-state index contributed by atoms with van der Waals surface area (Å²) < 4.78 is 3.85. The number of imidazole rings is 1. The molecule has 7 heteroatoms. The molecule has 0 spiro atoms. The Morgan fingerprint density at radius 3 is 2.64 bits per heavy atom. The molecule has 0 saturated heterocycles. The van der Waals surface area contributed by atoms with Gasteiger partial charge in [-0.3, -0.25) is 4.57 Å². The molecule has 2 heterocycles. The Hall–Kier alpha value is -3.09. The third kappa shape index (κ3) is 3.26. The van der Waals surface area contributed by atoms with Gasteiger partial charge in [0, 0.05) is 30.7 Å². The molecule has 0 bridgehead atoms. The van der Waals surface area contributed by atoms with E-state index in [-0.39, 0.29) is 5.82 Å². The standard InChI is InChI=1S/C18H21N5O2/c1-13-11-15(14(2)22(13)16-7-5-4-6-8-16)9-10-19-17-18(23(24)25)20-12-21(17)3/h4-8,11-12,19H,9-10H2,1-3H3. The number of nitrogens with zero attached hydrogens (tertiary/aromatic N) is 4. The van der Waals surface area contributed by atoms with Crippen molar-refractivity contribution in [3.05, 3.63) is 69.8 Å². The first kappa shape index (κ1) is 16.8. The normalized spacial score (nSPS) is 10.8. The summed E-state index contributed by atoms with van der Waals surface area (Å²) in [5.41, 5.74) is 4.72. The van der Waals surface area contributed by atoms with Crippen LogP contribution >= 0.6 is 0 Å². The molecule has 1 N–H and O–H groups in total. The minimum absolute atomic E-state index is 0.141. The fraction of sp³-hybridized carbons (Fsp3) is 0.278. The molecule has 7 nitrogen and oxygen atoms in total. The lowest BCUT2D eigenvalue weighted by Crippen LogP contribution is -2.10. The topological polar surface area (TPSA) is 77.9 Å². The van der Waals surface area contributed by atoms with Crippen molar-refractivity contribution in [2.75, 3.05) is 11.9 Å². The zero-order chi connectivity index (χ0) is 18.0. The van der Waals surface area contributed by atoms with Crippen LogP contribution in [-0.2, 0) is 13.5 Å². The summed E-state index contributed by atoms with van der Waals surface area (Å²) in [5.74, 6) is 0.291. The van der Waals surface area contributed by atoms with Gasteiger partial charge in [-0.25, -0.2) is 0 Å². The fourth-order valence-electron chi connectivity index (χ4n) is 3.13. The lowest BCUT2D eigenvalue weighted by Gasteiger charge is -2.10. The van der Waals surface area contributed by atoms with Crippen molar-refractivity contribution in [2.45, 2.75) is 20.3 Å². The van der Waals surface area contributed by atoms with Gasteiger partial charge in [0.05, 0.1) is 0 Å². The van der Waals surface area contributed by atoms with E-state index in [1.807, 2.05) is 18.2 Å². The van der Waals surface area contributed by atoms with Gasteiger partial charge in [0.15, 0.2) is 0 Å². The second-order valence-electron chi connectivity index (χ2n) is 6.03. The number of para-hydroxylation sites is 1. The number of hydrogen-bond acceptors (Lipinski definition) is 4. The number of aryl methyl sites for hydroxylation is 2. The van der Waals surface area contributed by atoms with Crippen LogP contribution in [-0.4, -0.2) is 25.6 Å². The lowest BCUT2D eigenvalue weighted by molar-refractivity contribution is -0.388. The molecule has 0 atom stereocenters. The molecular formula is C18H21N5O2. The molecule has 0 unspecified atom stereocenters. The van der Waals surface area contributed by atoms with E-state index in [2.05, 4.69) is 46.9 Å². The SMILES string of the molecule is Cc1cc(CCNc2c([N+](=O)[O-])ncn2C)c(C)n1-c1ccccc1. The Kier molecular flexibility index (Phi) is 4.56. The second-order valence-corrected chi connectivity index (χ2v) is 6.03. The van der Waals surface area contributed by atoms with Crippen LogP contribution in [0.15, 0.2) is 42.7 Å². The van der Waals surface area contributed by atoms with Crippen LogP contribution in [0.2, 0.25) is 0 Å². The number of anilines is 1. The Morgan fingerprint density at radius 1 is 1.24 bits per heavy atom. The maximum absolute atomic E-state index is 11.0. The number of hydrogen-bond donors (Lipinski definition) is 1. The van der Waals surface area contributed by atoms with Gasteiger partial charge in [0.2, 0.25) is 12.1 Å². The first-order valence-electron chi connectivity index (χ1n) is 8.12. The number of nitro groups is 1. The molecule has 0 fully saturated rings. The summed E-state index contributed by atoms with van der Waals surface area (Å²) in [6.45, 7) is 4.78. The third-order valence-electron chi connectivity index (χ3n) is 4.33. The summed E-state index contributed by atoms with van der Waals surface area (Å²) in [6.07, 6.45) is 2.22. The Labute approximate surface area is 146 Å². The molecule has 0 aliphatic carbocycles. The van der Waals surface area contributed by atoms with Gasteiger partial charge in [0.1, 0.15) is 0 Å². The largest absolute Gasteiger partial charge is 0.406 e. The van der Waals surface area contributed by atoms with E-state index in [9.17, 15) is 10.1 Å². The summed E-state index contributed by atoms with van der Waals surface area (Å²) in [6, 6.07) is 12.4. The number of aromatic nitrogens is 3. The molecule has 0 amide bonds. The van der Waals surface area contributed by atoms with Crippen molar-refractivity contribution in [3.8, 4) is 5.69 Å². The van der Waals surface area contributed by atoms with Crippen molar-refractivity contribution in [3.63, 3.8) is 0 Å². The molecule has 3 aromatic rings. The summed E-state index contributed by atoms with van der Waals surface area (Å²) in [5, 5.41) is 14.2. The first-order valence-corrected chi connectivity index (χ1v) is 8.12. The van der Waals surface area contributed by atoms with Gasteiger partial charge >= 0.3 is 5.82 Å². The highest BCUT2D eigenvalue weighted by atomic mass is 16.6. The van der Waals surface area contributed by atoms with Crippen LogP contribution in [0.4, 0.5) is 11.6 Å². The highest BCUT2D eigenvalue weighted by Crippen LogP contribution is 2.23. The quantitative estimate of drug-likeness (QED) is 0.551. The first-order chi connectivity index (χ1) is 12.0. The average molecular weight is 339 g/mol. The van der Waals surface area contributed by atoms with Crippen molar-refractivity contribution in [1.29, 1.82) is 0 Å². The van der Waals surface area contributed by atoms with Crippen LogP contribution < -0.4 is 5.32 Å². The molecule has 25 heavy (non-hydrogen) atoms. The molecule has 0 aliphatic heterocycles. The van der Waals surface area contributed by atoms with E-state index in [1.165, 1.54) is 23.3 Å². The van der Waals surface area contributed by atoms with Gasteiger partial charge in [-0.15, -0.1) is 0 Å². The Morgan fingerprint density at radius 2 is 1.96 bits per heavy atom. The molecule has 1 aromatic carbocycles. The molecule has 3 rings (SSSR count). The Balaban J connectivity index is 1.75. The molecule has 0 radical (unpaired) electrons. The predicted octanol–water partition coefficient (Wildman–Crippen LogP) is 3.39. The van der Waals surface area contributed by atoms with Crippen molar-refractivity contribution in [1.82, 2.24) is 14.1 Å².